The molecule has 0 unspecified atom stereocenters. The van der Waals surface area contributed by atoms with Gasteiger partial charge in [-0.2, -0.15) is 0 Å². The Morgan fingerprint density at radius 1 is 1.41 bits per heavy atom. The van der Waals surface area contributed by atoms with Gasteiger partial charge in [-0.15, -0.1) is 0 Å². The lowest BCUT2D eigenvalue weighted by atomic mass is 10.1. The molecular formula is C12H14N2O3. The van der Waals surface area contributed by atoms with Crippen LogP contribution in [-0.2, 0) is 22.6 Å². The number of esters is 1. The summed E-state index contributed by atoms with van der Waals surface area (Å²) in [5, 5.41) is 2.76. The number of fused-ring (bicyclic) bond motifs is 1. The molecule has 1 heterocycles. The van der Waals surface area contributed by atoms with Gasteiger partial charge in [0.05, 0.1) is 7.11 Å². The Bertz CT molecular complexity index is 445. The fourth-order valence-electron chi connectivity index (χ4n) is 1.79. The number of rotatable bonds is 2. The molecule has 1 aromatic rings. The van der Waals surface area contributed by atoms with Gasteiger partial charge in [-0.05, 0) is 11.1 Å². The zero-order chi connectivity index (χ0) is 12.3. The predicted octanol–water partition coefficient (Wildman–Crippen LogP) is 0.885. The van der Waals surface area contributed by atoms with E-state index < -0.39 is 5.97 Å². The number of carbonyl (C=O) groups excluding carboxylic acids is 2. The maximum Gasteiger partial charge on any atom is 0.325 e. The lowest BCUT2D eigenvalue weighted by molar-refractivity contribution is -0.141. The molecule has 0 bridgehead atoms. The predicted molar refractivity (Wildman–Crippen MR) is 61.1 cm³/mol. The molecule has 0 fully saturated rings. The molecule has 17 heavy (non-hydrogen) atoms. The highest BCUT2D eigenvalue weighted by Gasteiger charge is 2.21. The summed E-state index contributed by atoms with van der Waals surface area (Å²) in [4.78, 5) is 24.4. The van der Waals surface area contributed by atoms with Crippen LogP contribution in [0.4, 0.5) is 4.79 Å². The van der Waals surface area contributed by atoms with Gasteiger partial charge in [0, 0.05) is 13.1 Å². The van der Waals surface area contributed by atoms with Crippen molar-refractivity contribution in [2.45, 2.75) is 13.1 Å². The van der Waals surface area contributed by atoms with Gasteiger partial charge in [0.2, 0.25) is 0 Å². The van der Waals surface area contributed by atoms with E-state index in [9.17, 15) is 9.59 Å². The highest BCUT2D eigenvalue weighted by atomic mass is 16.5. The van der Waals surface area contributed by atoms with E-state index in [-0.39, 0.29) is 12.6 Å². The van der Waals surface area contributed by atoms with E-state index in [1.54, 1.807) is 0 Å². The first-order valence-electron chi connectivity index (χ1n) is 5.37. The van der Waals surface area contributed by atoms with E-state index in [2.05, 4.69) is 10.1 Å². The quantitative estimate of drug-likeness (QED) is 0.773. The van der Waals surface area contributed by atoms with Crippen LogP contribution < -0.4 is 5.32 Å². The Morgan fingerprint density at radius 2 is 2.12 bits per heavy atom. The minimum absolute atomic E-state index is 0.0311. The van der Waals surface area contributed by atoms with Gasteiger partial charge in [0.25, 0.3) is 0 Å². The molecule has 0 atom stereocenters. The third-order valence-electron chi connectivity index (χ3n) is 2.74. The van der Waals surface area contributed by atoms with Crippen LogP contribution in [0.15, 0.2) is 24.3 Å². The molecule has 5 nitrogen and oxygen atoms in total. The second kappa shape index (κ2) is 4.86. The third-order valence-corrected chi connectivity index (χ3v) is 2.74. The van der Waals surface area contributed by atoms with Crippen molar-refractivity contribution < 1.29 is 14.3 Å². The fraction of sp³-hybridized carbons (Fsp3) is 0.333. The van der Waals surface area contributed by atoms with Crippen molar-refractivity contribution in [3.8, 4) is 0 Å². The number of ether oxygens (including phenoxy) is 1. The number of methoxy groups -OCH3 is 1. The fourth-order valence-corrected chi connectivity index (χ4v) is 1.79. The molecule has 2 amide bonds. The Kier molecular flexibility index (Phi) is 3.27. The van der Waals surface area contributed by atoms with Gasteiger partial charge in [-0.25, -0.2) is 4.79 Å². The monoisotopic (exact) mass is 234 g/mol. The molecular weight excluding hydrogens is 220 g/mol. The first-order chi connectivity index (χ1) is 8.20. The average Bonchev–Trinajstić information content (AvgIpc) is 2.50. The maximum atomic E-state index is 11.7. The van der Waals surface area contributed by atoms with Crippen molar-refractivity contribution in [3.63, 3.8) is 0 Å². The van der Waals surface area contributed by atoms with Crippen molar-refractivity contribution in [3.05, 3.63) is 35.4 Å². The normalized spacial score (nSPS) is 14.6. The average molecular weight is 234 g/mol. The van der Waals surface area contributed by atoms with Gasteiger partial charge in [0.1, 0.15) is 6.54 Å². The summed E-state index contributed by atoms with van der Waals surface area (Å²) >= 11 is 0. The lowest BCUT2D eigenvalue weighted by Crippen LogP contribution is -2.40. The number of nitrogens with one attached hydrogen (secondary N) is 1. The first kappa shape index (κ1) is 11.4. The molecule has 90 valence electrons. The first-order valence-corrected chi connectivity index (χ1v) is 5.37. The van der Waals surface area contributed by atoms with E-state index >= 15 is 0 Å². The van der Waals surface area contributed by atoms with Gasteiger partial charge in [0.15, 0.2) is 0 Å². The van der Waals surface area contributed by atoms with Crippen molar-refractivity contribution in [1.82, 2.24) is 10.2 Å². The minimum atomic E-state index is -0.417. The summed E-state index contributed by atoms with van der Waals surface area (Å²) in [7, 11) is 1.31. The molecule has 1 aliphatic heterocycles. The lowest BCUT2D eigenvalue weighted by Gasteiger charge is -2.18. The summed E-state index contributed by atoms with van der Waals surface area (Å²) in [5.41, 5.74) is 2.13. The smallest absolute Gasteiger partial charge is 0.325 e. The van der Waals surface area contributed by atoms with Crippen LogP contribution in [0.3, 0.4) is 0 Å². The van der Waals surface area contributed by atoms with Gasteiger partial charge >= 0.3 is 12.0 Å². The zero-order valence-corrected chi connectivity index (χ0v) is 9.60. The number of amides is 2. The minimum Gasteiger partial charge on any atom is -0.468 e. The zero-order valence-electron chi connectivity index (χ0n) is 9.60. The number of nitrogens with zero attached hydrogens (tertiary/aromatic N) is 1. The Labute approximate surface area is 99.4 Å². The molecule has 1 aromatic carbocycles. The summed E-state index contributed by atoms with van der Waals surface area (Å²) in [5.74, 6) is -0.417. The Balaban J connectivity index is 2.18. The van der Waals surface area contributed by atoms with Crippen molar-refractivity contribution in [2.24, 2.45) is 0 Å². The molecule has 0 aliphatic carbocycles. The van der Waals surface area contributed by atoms with Crippen LogP contribution in [0, 0.1) is 0 Å². The maximum absolute atomic E-state index is 11.7. The van der Waals surface area contributed by atoms with Crippen molar-refractivity contribution >= 4 is 12.0 Å². The summed E-state index contributed by atoms with van der Waals surface area (Å²) in [6.07, 6.45) is 0. The topological polar surface area (TPSA) is 58.6 Å². The number of benzene rings is 1. The van der Waals surface area contributed by atoms with E-state index in [0.29, 0.717) is 13.1 Å². The molecule has 5 heteroatoms. The molecule has 1 aliphatic rings. The SMILES string of the molecule is COC(=O)CN1Cc2ccccc2CNC1=O. The molecule has 0 spiro atoms. The van der Waals surface area contributed by atoms with Crippen LogP contribution in [0.5, 0.6) is 0 Å². The third kappa shape index (κ3) is 2.55. The highest BCUT2D eigenvalue weighted by Crippen LogP contribution is 2.15. The van der Waals surface area contributed by atoms with E-state index in [0.717, 1.165) is 11.1 Å². The van der Waals surface area contributed by atoms with E-state index in [1.807, 2.05) is 24.3 Å². The second-order valence-corrected chi connectivity index (χ2v) is 3.86. The van der Waals surface area contributed by atoms with Crippen molar-refractivity contribution in [2.75, 3.05) is 13.7 Å². The Morgan fingerprint density at radius 3 is 2.82 bits per heavy atom. The summed E-state index contributed by atoms with van der Waals surface area (Å²) in [6.45, 7) is 0.889. The number of urea groups is 1. The van der Waals surface area contributed by atoms with Gasteiger partial charge in [-0.1, -0.05) is 24.3 Å². The van der Waals surface area contributed by atoms with Crippen molar-refractivity contribution in [1.29, 1.82) is 0 Å². The molecule has 0 saturated carbocycles. The standard InChI is InChI=1S/C12H14N2O3/c1-17-11(15)8-14-7-10-5-3-2-4-9(10)6-13-12(14)16/h2-5H,6-8H2,1H3,(H,13,16). The van der Waals surface area contributed by atoms with Crippen LogP contribution in [0.25, 0.3) is 0 Å². The molecule has 0 saturated heterocycles. The summed E-state index contributed by atoms with van der Waals surface area (Å²) < 4.78 is 4.57. The molecule has 1 N–H and O–H groups in total. The number of hydrogen-bond acceptors (Lipinski definition) is 3. The van der Waals surface area contributed by atoms with E-state index in [1.165, 1.54) is 12.0 Å². The molecule has 0 radical (unpaired) electrons. The number of carbonyl (C=O) groups is 2. The number of hydrogen-bond donors (Lipinski definition) is 1. The van der Waals surface area contributed by atoms with Crippen LogP contribution in [0.1, 0.15) is 11.1 Å². The second-order valence-electron chi connectivity index (χ2n) is 3.86. The van der Waals surface area contributed by atoms with Gasteiger partial charge in [-0.3, -0.25) is 4.79 Å². The summed E-state index contributed by atoms with van der Waals surface area (Å²) in [6, 6.07) is 7.54. The van der Waals surface area contributed by atoms with Crippen LogP contribution >= 0.6 is 0 Å². The van der Waals surface area contributed by atoms with E-state index in [4.69, 9.17) is 0 Å². The van der Waals surface area contributed by atoms with Gasteiger partial charge < -0.3 is 15.0 Å². The molecule has 0 aromatic heterocycles. The largest absolute Gasteiger partial charge is 0.468 e. The van der Waals surface area contributed by atoms with Crippen LogP contribution in [0.2, 0.25) is 0 Å². The molecule has 2 rings (SSSR count). The Hall–Kier alpha value is -2.04. The highest BCUT2D eigenvalue weighted by molar-refractivity contribution is 5.81. The van der Waals surface area contributed by atoms with Crippen LogP contribution in [-0.4, -0.2) is 30.6 Å².